The van der Waals surface area contributed by atoms with Crippen molar-refractivity contribution >= 4 is 34.2 Å². The zero-order valence-electron chi connectivity index (χ0n) is 27.2. The van der Waals surface area contributed by atoms with Crippen molar-refractivity contribution in [1.29, 1.82) is 0 Å². The molecule has 0 bridgehead atoms. The normalized spacial score (nSPS) is 13.1. The van der Waals surface area contributed by atoms with E-state index in [1.165, 1.54) is 30.5 Å². The number of rotatable bonds is 15. The number of halogens is 1. The highest BCUT2D eigenvalue weighted by Crippen LogP contribution is 2.24. The number of nitrogens with two attached hydrogens (primary N) is 1. The molecule has 0 aliphatic carbocycles. The van der Waals surface area contributed by atoms with Gasteiger partial charge < -0.3 is 15.1 Å². The van der Waals surface area contributed by atoms with Gasteiger partial charge in [0.2, 0.25) is 21.8 Å². The van der Waals surface area contributed by atoms with Gasteiger partial charge in [-0.2, -0.15) is 0 Å². The molecule has 3 N–H and O–H groups in total. The van der Waals surface area contributed by atoms with Gasteiger partial charge in [-0.15, -0.1) is 12.4 Å². The van der Waals surface area contributed by atoms with Crippen molar-refractivity contribution in [2.24, 2.45) is 5.14 Å². The minimum atomic E-state index is -3.80. The topological polar surface area (TPSA) is 113 Å². The van der Waals surface area contributed by atoms with Gasteiger partial charge in [-0.05, 0) is 90.4 Å². The van der Waals surface area contributed by atoms with Crippen LogP contribution in [-0.2, 0) is 45.5 Å². The lowest BCUT2D eigenvalue weighted by molar-refractivity contribution is -0.132. The Morgan fingerprint density at radius 1 is 0.750 bits per heavy atom. The summed E-state index contributed by atoms with van der Waals surface area (Å²) in [5.41, 5.74) is 5.95. The Hall–Kier alpha value is -4.02. The molecular formula is C38H45ClN4O4S. The van der Waals surface area contributed by atoms with Crippen molar-refractivity contribution in [2.75, 3.05) is 26.2 Å². The number of amides is 2. The van der Waals surface area contributed by atoms with Crippen LogP contribution >= 0.6 is 12.4 Å². The number of nitrogens with zero attached hydrogens (tertiary/aromatic N) is 2. The lowest BCUT2D eigenvalue weighted by Crippen LogP contribution is -2.34. The summed E-state index contributed by atoms with van der Waals surface area (Å²) in [6.07, 6.45) is 4.73. The van der Waals surface area contributed by atoms with Gasteiger partial charge in [-0.1, -0.05) is 84.9 Å². The van der Waals surface area contributed by atoms with Crippen LogP contribution in [0.1, 0.15) is 47.9 Å². The van der Waals surface area contributed by atoms with Crippen molar-refractivity contribution in [3.05, 3.63) is 125 Å². The molecule has 10 heteroatoms. The van der Waals surface area contributed by atoms with Crippen LogP contribution in [0.3, 0.4) is 0 Å². The number of nitrogens with one attached hydrogen (secondary N) is 1. The van der Waals surface area contributed by atoms with Crippen LogP contribution in [0, 0.1) is 0 Å². The van der Waals surface area contributed by atoms with E-state index in [-0.39, 0.29) is 29.1 Å². The molecule has 1 heterocycles. The van der Waals surface area contributed by atoms with Crippen LogP contribution in [0.5, 0.6) is 0 Å². The van der Waals surface area contributed by atoms with Gasteiger partial charge >= 0.3 is 0 Å². The van der Waals surface area contributed by atoms with Crippen molar-refractivity contribution in [1.82, 2.24) is 15.1 Å². The average Bonchev–Trinajstić information content (AvgIpc) is 3.59. The van der Waals surface area contributed by atoms with Gasteiger partial charge in [0.1, 0.15) is 0 Å². The third-order valence-electron chi connectivity index (χ3n) is 8.55. The molecule has 8 nitrogen and oxygen atoms in total. The third kappa shape index (κ3) is 11.3. The van der Waals surface area contributed by atoms with E-state index in [0.29, 0.717) is 32.5 Å². The predicted octanol–water partition coefficient (Wildman–Crippen LogP) is 5.73. The first-order valence-corrected chi connectivity index (χ1v) is 17.9. The monoisotopic (exact) mass is 688 g/mol. The lowest BCUT2D eigenvalue weighted by Gasteiger charge is -2.24. The van der Waals surface area contributed by atoms with E-state index >= 15 is 0 Å². The third-order valence-corrected chi connectivity index (χ3v) is 9.48. The van der Waals surface area contributed by atoms with Gasteiger partial charge in [0.15, 0.2) is 0 Å². The molecule has 0 saturated carbocycles. The van der Waals surface area contributed by atoms with Crippen LogP contribution in [0.2, 0.25) is 0 Å². The molecular weight excluding hydrogens is 644 g/mol. The molecule has 0 atom stereocenters. The summed E-state index contributed by atoms with van der Waals surface area (Å²) < 4.78 is 23.5. The second kappa shape index (κ2) is 17.9. The molecule has 0 aromatic heterocycles. The predicted molar refractivity (Wildman–Crippen MR) is 193 cm³/mol. The van der Waals surface area contributed by atoms with Crippen LogP contribution in [0.15, 0.2) is 108 Å². The lowest BCUT2D eigenvalue weighted by atomic mass is 9.99. The molecule has 4 aromatic carbocycles. The summed E-state index contributed by atoms with van der Waals surface area (Å²) >= 11 is 0. The Morgan fingerprint density at radius 2 is 1.35 bits per heavy atom. The number of primary sulfonamides is 1. The molecule has 1 aliphatic heterocycles. The first-order valence-electron chi connectivity index (χ1n) is 16.3. The Kier molecular flexibility index (Phi) is 13.8. The van der Waals surface area contributed by atoms with Crippen LogP contribution in [0.4, 0.5) is 0 Å². The second-order valence-electron chi connectivity index (χ2n) is 12.3. The minimum Gasteiger partial charge on any atom is -0.355 e. The van der Waals surface area contributed by atoms with Crippen molar-refractivity contribution in [2.45, 2.75) is 56.5 Å². The Balaban J connectivity index is 0.00000520. The van der Waals surface area contributed by atoms with E-state index in [1.807, 2.05) is 59.5 Å². The molecule has 0 spiro atoms. The van der Waals surface area contributed by atoms with Gasteiger partial charge in [0.25, 0.3) is 0 Å². The summed E-state index contributed by atoms with van der Waals surface area (Å²) in [4.78, 5) is 30.5. The maximum atomic E-state index is 13.6. The molecule has 0 radical (unpaired) electrons. The number of likely N-dealkylation sites (tertiary alicyclic amines) is 1. The second-order valence-corrected chi connectivity index (χ2v) is 13.8. The van der Waals surface area contributed by atoms with Crippen LogP contribution in [-0.4, -0.2) is 56.2 Å². The molecule has 0 unspecified atom stereocenters. The van der Waals surface area contributed by atoms with Crippen LogP contribution < -0.4 is 10.5 Å². The molecule has 1 fully saturated rings. The van der Waals surface area contributed by atoms with Crippen molar-refractivity contribution in [3.8, 4) is 11.1 Å². The highest BCUT2D eigenvalue weighted by Gasteiger charge is 2.17. The smallest absolute Gasteiger partial charge is 0.238 e. The van der Waals surface area contributed by atoms with E-state index in [0.717, 1.165) is 60.3 Å². The molecule has 1 aliphatic rings. The van der Waals surface area contributed by atoms with E-state index < -0.39 is 10.0 Å². The van der Waals surface area contributed by atoms with Gasteiger partial charge in [0, 0.05) is 32.6 Å². The first kappa shape index (κ1) is 36.8. The SMILES string of the molecule is Cl.NS(=O)(=O)c1ccc(CN(Cc2cccc(-c3cccc(CC(=O)NCCN4CCCC4)c3)c2)C(=O)CCCc2ccccc2)cc1. The Labute approximate surface area is 290 Å². The number of sulfonamides is 1. The first-order chi connectivity index (χ1) is 22.7. The zero-order chi connectivity index (χ0) is 33.1. The summed E-state index contributed by atoms with van der Waals surface area (Å²) in [7, 11) is -3.80. The highest BCUT2D eigenvalue weighted by molar-refractivity contribution is 7.89. The summed E-state index contributed by atoms with van der Waals surface area (Å²) in [6, 6.07) is 32.6. The molecule has 1 saturated heterocycles. The fourth-order valence-corrected chi connectivity index (χ4v) is 6.54. The summed E-state index contributed by atoms with van der Waals surface area (Å²) in [5.74, 6) is 0.0493. The van der Waals surface area contributed by atoms with Gasteiger partial charge in [0.05, 0.1) is 11.3 Å². The molecule has 2 amide bonds. The largest absolute Gasteiger partial charge is 0.355 e. The van der Waals surface area contributed by atoms with E-state index in [1.54, 1.807) is 12.1 Å². The maximum absolute atomic E-state index is 13.6. The van der Waals surface area contributed by atoms with Crippen LogP contribution in [0.25, 0.3) is 11.1 Å². The molecule has 48 heavy (non-hydrogen) atoms. The number of carbonyl (C=O) groups excluding carboxylic acids is 2. The fraction of sp³-hybridized carbons (Fsp3) is 0.316. The Bertz CT molecular complexity index is 1740. The quantitative estimate of drug-likeness (QED) is 0.166. The molecule has 5 rings (SSSR count). The van der Waals surface area contributed by atoms with E-state index in [4.69, 9.17) is 5.14 Å². The summed E-state index contributed by atoms with van der Waals surface area (Å²) in [5, 5.41) is 8.34. The zero-order valence-corrected chi connectivity index (χ0v) is 28.9. The van der Waals surface area contributed by atoms with Gasteiger partial charge in [-0.3, -0.25) is 9.59 Å². The van der Waals surface area contributed by atoms with Gasteiger partial charge in [-0.25, -0.2) is 13.6 Å². The number of aryl methyl sites for hydroxylation is 1. The maximum Gasteiger partial charge on any atom is 0.238 e. The fourth-order valence-electron chi connectivity index (χ4n) is 6.02. The number of hydrogen-bond donors (Lipinski definition) is 2. The highest BCUT2D eigenvalue weighted by atomic mass is 35.5. The summed E-state index contributed by atoms with van der Waals surface area (Å²) in [6.45, 7) is 4.52. The molecule has 4 aromatic rings. The standard InChI is InChI=1S/C38H44N4O4S.ClH/c39-47(45,46)36-19-17-31(18-20-36)28-42(38(44)16-8-11-30-9-2-1-3-10-30)29-33-13-7-15-35(26-33)34-14-6-12-32(25-34)27-37(43)40-21-24-41-22-4-5-23-41;/h1-3,6-7,9-10,12-15,17-20,25-26H,4-5,8,11,16,21-24,27-29H2,(H,40,43)(H2,39,45,46);1H. The Morgan fingerprint density at radius 3 is 2.02 bits per heavy atom. The average molecular weight is 689 g/mol. The van der Waals surface area contributed by atoms with Crippen molar-refractivity contribution in [3.63, 3.8) is 0 Å². The number of benzene rings is 4. The number of carbonyl (C=O) groups is 2. The minimum absolute atomic E-state index is 0. The molecule has 254 valence electrons. The van der Waals surface area contributed by atoms with E-state index in [9.17, 15) is 18.0 Å². The van der Waals surface area contributed by atoms with E-state index in [2.05, 4.69) is 34.5 Å². The number of hydrogen-bond acceptors (Lipinski definition) is 5. The van der Waals surface area contributed by atoms with Crippen molar-refractivity contribution < 1.29 is 18.0 Å².